The van der Waals surface area contributed by atoms with Crippen LogP contribution < -0.4 is 0 Å². The van der Waals surface area contributed by atoms with Gasteiger partial charge in [0.15, 0.2) is 0 Å². The summed E-state index contributed by atoms with van der Waals surface area (Å²) >= 11 is 0. The number of nitrogens with zero attached hydrogens (tertiary/aromatic N) is 2. The monoisotopic (exact) mass is 804 g/mol. The van der Waals surface area contributed by atoms with Crippen LogP contribution in [0.5, 0.6) is 0 Å². The number of allylic oxidation sites excluding steroid dienone is 1. The number of aliphatic imine (C=N–C) groups is 1. The van der Waals surface area contributed by atoms with Gasteiger partial charge in [-0.3, -0.25) is 4.99 Å². The first-order valence-corrected chi connectivity index (χ1v) is 22.2. The van der Waals surface area contributed by atoms with Crippen molar-refractivity contribution >= 4 is 65.5 Å². The fraction of sp³-hybridized carbons (Fsp3) is 0.0656. The average Bonchev–Trinajstić information content (AvgIpc) is 3.70. The molecule has 10 aromatic carbocycles. The highest BCUT2D eigenvalue weighted by atomic mass is 15.0. The van der Waals surface area contributed by atoms with Crippen LogP contribution in [-0.2, 0) is 0 Å². The molecule has 0 fully saturated rings. The molecular formula is C61H44N2. The van der Waals surface area contributed by atoms with Gasteiger partial charge in [0, 0.05) is 33.9 Å². The second kappa shape index (κ2) is 15.3. The van der Waals surface area contributed by atoms with Gasteiger partial charge in [-0.1, -0.05) is 195 Å². The third-order valence-corrected chi connectivity index (χ3v) is 13.4. The lowest BCUT2D eigenvalue weighted by Gasteiger charge is -2.31. The summed E-state index contributed by atoms with van der Waals surface area (Å²) in [6, 6.07) is 80.0. The van der Waals surface area contributed by atoms with Crippen LogP contribution in [0.15, 0.2) is 229 Å². The van der Waals surface area contributed by atoms with Crippen molar-refractivity contribution in [3.8, 4) is 27.9 Å². The van der Waals surface area contributed by atoms with Gasteiger partial charge in [-0.05, 0) is 109 Å². The maximum atomic E-state index is 5.59. The van der Waals surface area contributed by atoms with E-state index in [0.717, 1.165) is 29.1 Å². The number of hydrogen-bond donors (Lipinski definition) is 0. The Kier molecular flexibility index (Phi) is 8.97. The number of aromatic nitrogens is 1. The van der Waals surface area contributed by atoms with Crippen LogP contribution in [0.4, 0.5) is 0 Å². The summed E-state index contributed by atoms with van der Waals surface area (Å²) in [5.74, 6) is 0.406. The Hall–Kier alpha value is -7.81. The van der Waals surface area contributed by atoms with Crippen molar-refractivity contribution in [1.82, 2.24) is 4.57 Å². The summed E-state index contributed by atoms with van der Waals surface area (Å²) in [7, 11) is 0. The summed E-state index contributed by atoms with van der Waals surface area (Å²) < 4.78 is 2.41. The Morgan fingerprint density at radius 1 is 0.413 bits per heavy atom. The lowest BCUT2D eigenvalue weighted by molar-refractivity contribution is 0.593. The third kappa shape index (κ3) is 6.21. The maximum absolute atomic E-state index is 5.59. The lowest BCUT2D eigenvalue weighted by atomic mass is 9.76. The van der Waals surface area contributed by atoms with E-state index in [-0.39, 0.29) is 11.8 Å². The molecule has 63 heavy (non-hydrogen) atoms. The normalized spacial score (nSPS) is 15.3. The van der Waals surface area contributed by atoms with Crippen LogP contribution in [0.2, 0.25) is 0 Å². The van der Waals surface area contributed by atoms with Gasteiger partial charge in [0.1, 0.15) is 0 Å². The number of fused-ring (bicyclic) bond motifs is 9. The van der Waals surface area contributed by atoms with E-state index >= 15 is 0 Å². The first-order chi connectivity index (χ1) is 31.2. The summed E-state index contributed by atoms with van der Waals surface area (Å²) in [6.07, 6.45) is 3.42. The SMILES string of the molecule is CCC1C(c2ccccc2)=NC(c2ccc3c(c2)c2ccccc2c2cccc(-c4ccc5c6ccccc6n(-c6ccccc6)c5c4)c23)=CC1c1ccc(-c2ccccc2)cc1. The van der Waals surface area contributed by atoms with Crippen molar-refractivity contribution in [2.24, 2.45) is 10.9 Å². The Labute approximate surface area is 367 Å². The van der Waals surface area contributed by atoms with Gasteiger partial charge in [0.05, 0.1) is 22.4 Å². The van der Waals surface area contributed by atoms with E-state index in [9.17, 15) is 0 Å². The molecule has 1 aromatic heterocycles. The minimum Gasteiger partial charge on any atom is -0.309 e. The standard InChI is InChI=1S/C61H44N2/c1-2-47-55(42-31-29-41(30-32-42)40-17-6-3-7-18-40)39-57(62-61(47)43-19-8-4-9-20-43)45-34-36-54-56(37-45)50-24-13-12-23-49(50)53-27-16-26-48(60(53)54)44-33-35-52-51-25-14-15-28-58(51)63(59(52)38-44)46-21-10-5-11-22-46/h3-39,47,55H,2H2,1H3. The highest BCUT2D eigenvalue weighted by Crippen LogP contribution is 2.45. The molecule has 12 rings (SSSR count). The van der Waals surface area contributed by atoms with Gasteiger partial charge in [0.25, 0.3) is 0 Å². The molecule has 0 radical (unpaired) electrons. The van der Waals surface area contributed by atoms with E-state index in [1.165, 1.54) is 87.5 Å². The fourth-order valence-corrected chi connectivity index (χ4v) is 10.5. The molecule has 0 N–H and O–H groups in total. The van der Waals surface area contributed by atoms with Crippen LogP contribution in [0.3, 0.4) is 0 Å². The Morgan fingerprint density at radius 2 is 0.968 bits per heavy atom. The van der Waals surface area contributed by atoms with Crippen molar-refractivity contribution < 1.29 is 0 Å². The average molecular weight is 805 g/mol. The Morgan fingerprint density at radius 3 is 1.71 bits per heavy atom. The number of para-hydroxylation sites is 2. The van der Waals surface area contributed by atoms with Crippen molar-refractivity contribution in [1.29, 1.82) is 0 Å². The molecule has 298 valence electrons. The van der Waals surface area contributed by atoms with Gasteiger partial charge < -0.3 is 4.57 Å². The lowest BCUT2D eigenvalue weighted by Crippen LogP contribution is -2.25. The Bertz CT molecular complexity index is 3580. The van der Waals surface area contributed by atoms with Gasteiger partial charge in [-0.15, -0.1) is 0 Å². The van der Waals surface area contributed by atoms with Crippen molar-refractivity contribution in [3.05, 3.63) is 241 Å². The molecular weight excluding hydrogens is 761 g/mol. The van der Waals surface area contributed by atoms with Crippen molar-refractivity contribution in [2.75, 3.05) is 0 Å². The van der Waals surface area contributed by atoms with Crippen LogP contribution >= 0.6 is 0 Å². The van der Waals surface area contributed by atoms with E-state index in [1.807, 2.05) is 0 Å². The zero-order chi connectivity index (χ0) is 41.9. The molecule has 0 aliphatic carbocycles. The molecule has 0 saturated heterocycles. The van der Waals surface area contributed by atoms with Crippen LogP contribution in [0, 0.1) is 5.92 Å². The number of hydrogen-bond acceptors (Lipinski definition) is 1. The molecule has 0 spiro atoms. The van der Waals surface area contributed by atoms with E-state index in [2.05, 4.69) is 236 Å². The Balaban J connectivity index is 1.05. The summed E-state index contributed by atoms with van der Waals surface area (Å²) in [4.78, 5) is 5.59. The maximum Gasteiger partial charge on any atom is 0.0672 e. The van der Waals surface area contributed by atoms with E-state index in [1.54, 1.807) is 0 Å². The van der Waals surface area contributed by atoms with Gasteiger partial charge in [-0.25, -0.2) is 0 Å². The molecule has 2 unspecified atom stereocenters. The second-order valence-electron chi connectivity index (χ2n) is 16.9. The van der Waals surface area contributed by atoms with Gasteiger partial charge in [0.2, 0.25) is 0 Å². The summed E-state index contributed by atoms with van der Waals surface area (Å²) in [5.41, 5.74) is 14.3. The fourth-order valence-electron chi connectivity index (χ4n) is 10.5. The zero-order valence-electron chi connectivity index (χ0n) is 35.1. The van der Waals surface area contributed by atoms with Crippen molar-refractivity contribution in [2.45, 2.75) is 19.3 Å². The zero-order valence-corrected chi connectivity index (χ0v) is 35.1. The van der Waals surface area contributed by atoms with Crippen LogP contribution in [-0.4, -0.2) is 10.3 Å². The van der Waals surface area contributed by atoms with E-state index < -0.39 is 0 Å². The summed E-state index contributed by atoms with van der Waals surface area (Å²) in [6.45, 7) is 2.30. The van der Waals surface area contributed by atoms with E-state index in [4.69, 9.17) is 4.99 Å². The molecule has 0 saturated carbocycles. The molecule has 1 aliphatic heterocycles. The largest absolute Gasteiger partial charge is 0.309 e. The molecule has 2 heterocycles. The molecule has 0 amide bonds. The highest BCUT2D eigenvalue weighted by molar-refractivity contribution is 6.29. The van der Waals surface area contributed by atoms with E-state index in [0.29, 0.717) is 0 Å². The number of benzene rings is 10. The molecule has 1 aliphatic rings. The molecule has 2 atom stereocenters. The third-order valence-electron chi connectivity index (χ3n) is 13.4. The predicted molar refractivity (Wildman–Crippen MR) is 268 cm³/mol. The first kappa shape index (κ1) is 37.0. The van der Waals surface area contributed by atoms with Crippen LogP contribution in [0.1, 0.15) is 36.0 Å². The minimum atomic E-state index is 0.166. The first-order valence-electron chi connectivity index (χ1n) is 22.2. The molecule has 0 bridgehead atoms. The minimum absolute atomic E-state index is 0.166. The molecule has 2 heteroatoms. The molecule has 2 nitrogen and oxygen atoms in total. The smallest absolute Gasteiger partial charge is 0.0672 e. The quantitative estimate of drug-likeness (QED) is 0.143. The van der Waals surface area contributed by atoms with Gasteiger partial charge >= 0.3 is 0 Å². The molecule has 11 aromatic rings. The topological polar surface area (TPSA) is 17.3 Å². The summed E-state index contributed by atoms with van der Waals surface area (Å²) in [5, 5.41) is 10.0. The van der Waals surface area contributed by atoms with Crippen LogP contribution in [0.25, 0.3) is 87.8 Å². The van der Waals surface area contributed by atoms with Crippen molar-refractivity contribution in [3.63, 3.8) is 0 Å². The highest BCUT2D eigenvalue weighted by Gasteiger charge is 2.31. The second-order valence-corrected chi connectivity index (χ2v) is 16.9. The van der Waals surface area contributed by atoms with Gasteiger partial charge in [-0.2, -0.15) is 0 Å². The predicted octanol–water partition coefficient (Wildman–Crippen LogP) is 16.2. The number of rotatable bonds is 7.